The number of carbonyl (C=O) groups is 1. The van der Waals surface area contributed by atoms with Gasteiger partial charge in [-0.1, -0.05) is 39.0 Å². The minimum atomic E-state index is 0.198. The predicted molar refractivity (Wildman–Crippen MR) is 66.9 cm³/mol. The molecule has 1 heteroatoms. The first-order valence-corrected chi connectivity index (χ1v) is 6.09. The zero-order valence-corrected chi connectivity index (χ0v) is 10.4. The number of carbonyl (C=O) groups excluding carboxylic acids is 1. The van der Waals surface area contributed by atoms with Gasteiger partial charge in [-0.3, -0.25) is 0 Å². The lowest BCUT2D eigenvalue weighted by Gasteiger charge is -2.21. The number of aldehydes is 1. The zero-order valence-electron chi connectivity index (χ0n) is 10.4. The van der Waals surface area contributed by atoms with Crippen molar-refractivity contribution in [2.75, 3.05) is 0 Å². The molecule has 1 aromatic carbocycles. The highest BCUT2D eigenvalue weighted by molar-refractivity contribution is 5.53. The molecule has 1 aliphatic carbocycles. The van der Waals surface area contributed by atoms with E-state index in [4.69, 9.17) is 0 Å². The summed E-state index contributed by atoms with van der Waals surface area (Å²) in [5.41, 5.74) is 4.44. The molecule has 16 heavy (non-hydrogen) atoms. The minimum Gasteiger partial charge on any atom is -0.303 e. The van der Waals surface area contributed by atoms with E-state index in [9.17, 15) is 4.79 Å². The molecule has 2 rings (SSSR count). The van der Waals surface area contributed by atoms with Crippen LogP contribution in [0.3, 0.4) is 0 Å². The molecule has 1 aliphatic rings. The highest BCUT2D eigenvalue weighted by atomic mass is 16.1. The summed E-state index contributed by atoms with van der Waals surface area (Å²) in [7, 11) is 0. The molecule has 0 heterocycles. The van der Waals surface area contributed by atoms with Crippen molar-refractivity contribution >= 4 is 6.29 Å². The molecule has 0 fully saturated rings. The minimum absolute atomic E-state index is 0.198. The first-order chi connectivity index (χ1) is 7.52. The Balaban J connectivity index is 2.37. The molecular weight excluding hydrogens is 196 g/mol. The van der Waals surface area contributed by atoms with Crippen LogP contribution in [0.4, 0.5) is 0 Å². The Hall–Kier alpha value is -1.11. The van der Waals surface area contributed by atoms with E-state index in [0.717, 1.165) is 19.1 Å². The van der Waals surface area contributed by atoms with Crippen molar-refractivity contribution in [3.63, 3.8) is 0 Å². The third-order valence-corrected chi connectivity index (χ3v) is 3.59. The smallest absolute Gasteiger partial charge is 0.120 e. The number of rotatable bonds is 2. The molecule has 0 N–H and O–H groups in total. The molecule has 0 radical (unpaired) electrons. The lowest BCUT2D eigenvalue weighted by molar-refractivity contribution is -0.108. The predicted octanol–water partition coefficient (Wildman–Crippen LogP) is 3.60. The third-order valence-electron chi connectivity index (χ3n) is 3.59. The van der Waals surface area contributed by atoms with Gasteiger partial charge < -0.3 is 4.79 Å². The van der Waals surface area contributed by atoms with E-state index >= 15 is 0 Å². The van der Waals surface area contributed by atoms with E-state index in [0.29, 0.717) is 12.3 Å². The maximum absolute atomic E-state index is 10.7. The summed E-state index contributed by atoms with van der Waals surface area (Å²) in [6, 6.07) is 6.80. The van der Waals surface area contributed by atoms with Crippen LogP contribution in [-0.4, -0.2) is 6.29 Å². The molecular formula is C15H20O. The zero-order chi connectivity index (χ0) is 11.8. The van der Waals surface area contributed by atoms with Gasteiger partial charge in [-0.05, 0) is 40.9 Å². The largest absolute Gasteiger partial charge is 0.303 e. The molecule has 0 bridgehead atoms. The Morgan fingerprint density at radius 2 is 2.12 bits per heavy atom. The van der Waals surface area contributed by atoms with Gasteiger partial charge in [0.1, 0.15) is 6.29 Å². The summed E-state index contributed by atoms with van der Waals surface area (Å²) < 4.78 is 0. The van der Waals surface area contributed by atoms with Gasteiger partial charge in [0.25, 0.3) is 0 Å². The molecule has 0 spiro atoms. The van der Waals surface area contributed by atoms with Crippen LogP contribution in [0, 0.1) is 0 Å². The molecule has 0 aliphatic heterocycles. The van der Waals surface area contributed by atoms with Crippen LogP contribution < -0.4 is 0 Å². The maximum Gasteiger partial charge on any atom is 0.120 e. The van der Waals surface area contributed by atoms with E-state index in [1.807, 2.05) is 0 Å². The summed E-state index contributed by atoms with van der Waals surface area (Å²) in [4.78, 5) is 10.7. The van der Waals surface area contributed by atoms with Crippen LogP contribution in [0.5, 0.6) is 0 Å². The van der Waals surface area contributed by atoms with Gasteiger partial charge >= 0.3 is 0 Å². The van der Waals surface area contributed by atoms with Gasteiger partial charge in [0.15, 0.2) is 0 Å². The Kier molecular flexibility index (Phi) is 2.88. The standard InChI is InChI=1S/C15H20O/c1-15(2,3)13-7-6-11-4-5-12(8-9-16)14(11)10-13/h6-7,9-10,12H,4-5,8H2,1-3H3/t12-/m0/s1. The lowest BCUT2D eigenvalue weighted by Crippen LogP contribution is -2.11. The van der Waals surface area contributed by atoms with Crippen molar-refractivity contribution in [2.45, 2.75) is 51.4 Å². The second-order valence-corrected chi connectivity index (χ2v) is 5.80. The van der Waals surface area contributed by atoms with Crippen LogP contribution in [-0.2, 0) is 16.6 Å². The Morgan fingerprint density at radius 3 is 2.75 bits per heavy atom. The maximum atomic E-state index is 10.7. The average Bonchev–Trinajstić information content (AvgIpc) is 2.60. The summed E-state index contributed by atoms with van der Waals surface area (Å²) >= 11 is 0. The summed E-state index contributed by atoms with van der Waals surface area (Å²) in [6.45, 7) is 6.70. The SMILES string of the molecule is CC(C)(C)c1ccc2c(c1)[C@H](CC=O)CC2. The summed E-state index contributed by atoms with van der Waals surface area (Å²) in [6.07, 6.45) is 4.02. The summed E-state index contributed by atoms with van der Waals surface area (Å²) in [5, 5.41) is 0. The number of benzene rings is 1. The van der Waals surface area contributed by atoms with Crippen LogP contribution in [0.15, 0.2) is 18.2 Å². The molecule has 1 aromatic rings. The Morgan fingerprint density at radius 1 is 1.38 bits per heavy atom. The second-order valence-electron chi connectivity index (χ2n) is 5.80. The fourth-order valence-electron chi connectivity index (χ4n) is 2.52. The Bertz CT molecular complexity index is 398. The molecule has 0 unspecified atom stereocenters. The second kappa shape index (κ2) is 4.04. The summed E-state index contributed by atoms with van der Waals surface area (Å²) in [5.74, 6) is 0.467. The third kappa shape index (κ3) is 2.04. The van der Waals surface area contributed by atoms with E-state index in [1.54, 1.807) is 0 Å². The van der Waals surface area contributed by atoms with Gasteiger partial charge in [0, 0.05) is 6.42 Å². The molecule has 1 nitrogen and oxygen atoms in total. The van der Waals surface area contributed by atoms with Crippen molar-refractivity contribution in [1.82, 2.24) is 0 Å². The van der Waals surface area contributed by atoms with Gasteiger partial charge in [-0.15, -0.1) is 0 Å². The monoisotopic (exact) mass is 216 g/mol. The average molecular weight is 216 g/mol. The first kappa shape index (κ1) is 11.4. The van der Waals surface area contributed by atoms with Crippen molar-refractivity contribution < 1.29 is 4.79 Å². The fraction of sp³-hybridized carbons (Fsp3) is 0.533. The molecule has 1 atom stereocenters. The quantitative estimate of drug-likeness (QED) is 0.690. The van der Waals surface area contributed by atoms with Crippen LogP contribution in [0.1, 0.15) is 56.2 Å². The molecule has 86 valence electrons. The van der Waals surface area contributed by atoms with E-state index < -0.39 is 0 Å². The van der Waals surface area contributed by atoms with Crippen molar-refractivity contribution in [1.29, 1.82) is 0 Å². The molecule has 0 saturated heterocycles. The van der Waals surface area contributed by atoms with Crippen LogP contribution >= 0.6 is 0 Å². The van der Waals surface area contributed by atoms with Gasteiger partial charge in [-0.25, -0.2) is 0 Å². The van der Waals surface area contributed by atoms with Crippen LogP contribution in [0.25, 0.3) is 0 Å². The van der Waals surface area contributed by atoms with Crippen LogP contribution in [0.2, 0.25) is 0 Å². The number of fused-ring (bicyclic) bond motifs is 1. The fourth-order valence-corrected chi connectivity index (χ4v) is 2.52. The van der Waals surface area contributed by atoms with E-state index in [-0.39, 0.29) is 5.41 Å². The van der Waals surface area contributed by atoms with Crippen molar-refractivity contribution in [2.24, 2.45) is 0 Å². The lowest BCUT2D eigenvalue weighted by atomic mass is 9.84. The first-order valence-electron chi connectivity index (χ1n) is 6.09. The number of hydrogen-bond donors (Lipinski definition) is 0. The molecule has 0 aromatic heterocycles. The normalized spacial score (nSPS) is 19.6. The number of aryl methyl sites for hydroxylation is 1. The highest BCUT2D eigenvalue weighted by Crippen LogP contribution is 2.37. The van der Waals surface area contributed by atoms with Gasteiger partial charge in [-0.2, -0.15) is 0 Å². The number of hydrogen-bond acceptors (Lipinski definition) is 1. The molecule has 0 amide bonds. The topological polar surface area (TPSA) is 17.1 Å². The van der Waals surface area contributed by atoms with Crippen molar-refractivity contribution in [3.05, 3.63) is 34.9 Å². The van der Waals surface area contributed by atoms with E-state index in [1.165, 1.54) is 16.7 Å². The molecule has 0 saturated carbocycles. The van der Waals surface area contributed by atoms with Gasteiger partial charge in [0.05, 0.1) is 0 Å². The van der Waals surface area contributed by atoms with E-state index in [2.05, 4.69) is 39.0 Å². The van der Waals surface area contributed by atoms with Gasteiger partial charge in [0.2, 0.25) is 0 Å². The van der Waals surface area contributed by atoms with Crippen molar-refractivity contribution in [3.8, 4) is 0 Å². The highest BCUT2D eigenvalue weighted by Gasteiger charge is 2.24. The Labute approximate surface area is 97.9 Å².